The maximum atomic E-state index is 13.7. The van der Waals surface area contributed by atoms with Gasteiger partial charge in [0, 0.05) is 23.3 Å². The molecule has 0 atom stereocenters. The molecule has 0 saturated carbocycles. The molecule has 0 fully saturated rings. The van der Waals surface area contributed by atoms with Crippen molar-refractivity contribution >= 4 is 28.5 Å². The number of carbonyl (C=O) groups is 2. The highest BCUT2D eigenvalue weighted by atomic mass is 19.1. The summed E-state index contributed by atoms with van der Waals surface area (Å²) in [6.07, 6.45) is 3.24. The van der Waals surface area contributed by atoms with Crippen LogP contribution >= 0.6 is 0 Å². The number of amides is 1. The van der Waals surface area contributed by atoms with Gasteiger partial charge in [-0.15, -0.1) is 0 Å². The fraction of sp³-hybridized carbons (Fsp3) is 0.0435. The molecule has 8 heteroatoms. The Morgan fingerprint density at radius 1 is 0.968 bits per heavy atom. The highest BCUT2D eigenvalue weighted by molar-refractivity contribution is 6.05. The number of nitrogens with one attached hydrogen (secondary N) is 1. The number of esters is 1. The van der Waals surface area contributed by atoms with Gasteiger partial charge < -0.3 is 10.1 Å². The number of rotatable bonds is 5. The van der Waals surface area contributed by atoms with Crippen molar-refractivity contribution in [2.45, 2.75) is 0 Å². The fourth-order valence-corrected chi connectivity index (χ4v) is 3.01. The Labute approximate surface area is 175 Å². The van der Waals surface area contributed by atoms with Crippen LogP contribution in [0, 0.1) is 11.6 Å². The molecule has 4 aromatic rings. The van der Waals surface area contributed by atoms with Crippen LogP contribution in [0.5, 0.6) is 0 Å². The summed E-state index contributed by atoms with van der Waals surface area (Å²) in [7, 11) is 0. The van der Waals surface area contributed by atoms with Crippen molar-refractivity contribution in [1.82, 2.24) is 9.97 Å². The summed E-state index contributed by atoms with van der Waals surface area (Å²) in [5, 5.41) is 2.62. The minimum absolute atomic E-state index is 0.203. The van der Waals surface area contributed by atoms with Crippen molar-refractivity contribution in [3.63, 3.8) is 0 Å². The van der Waals surface area contributed by atoms with Gasteiger partial charge in [0.1, 0.15) is 17.3 Å². The van der Waals surface area contributed by atoms with Gasteiger partial charge in [0.15, 0.2) is 6.61 Å². The Balaban J connectivity index is 1.57. The smallest absolute Gasteiger partial charge is 0.339 e. The lowest BCUT2D eigenvalue weighted by Crippen LogP contribution is -2.22. The van der Waals surface area contributed by atoms with Crippen LogP contribution in [0.3, 0.4) is 0 Å². The first kappa shape index (κ1) is 20.1. The molecule has 154 valence electrons. The van der Waals surface area contributed by atoms with Crippen LogP contribution in [0.25, 0.3) is 22.2 Å². The predicted molar refractivity (Wildman–Crippen MR) is 110 cm³/mol. The zero-order chi connectivity index (χ0) is 21.8. The number of fused-ring (bicyclic) bond motifs is 1. The molecule has 2 aromatic carbocycles. The molecule has 0 bridgehead atoms. The number of nitrogens with zero attached hydrogens (tertiary/aromatic N) is 2. The molecule has 4 rings (SSSR count). The Hall–Kier alpha value is -4.20. The lowest BCUT2D eigenvalue weighted by molar-refractivity contribution is -0.119. The van der Waals surface area contributed by atoms with Gasteiger partial charge in [0.05, 0.1) is 16.8 Å². The van der Waals surface area contributed by atoms with E-state index >= 15 is 0 Å². The highest BCUT2D eigenvalue weighted by Crippen LogP contribution is 2.25. The van der Waals surface area contributed by atoms with Crippen molar-refractivity contribution < 1.29 is 23.1 Å². The number of halogens is 2. The average molecular weight is 419 g/mol. The summed E-state index contributed by atoms with van der Waals surface area (Å²) in [4.78, 5) is 33.4. The first-order valence-electron chi connectivity index (χ1n) is 9.24. The number of carbonyl (C=O) groups excluding carboxylic acids is 2. The monoisotopic (exact) mass is 419 g/mol. The highest BCUT2D eigenvalue weighted by Gasteiger charge is 2.18. The second-order valence-corrected chi connectivity index (χ2v) is 6.53. The largest absolute Gasteiger partial charge is 0.452 e. The maximum Gasteiger partial charge on any atom is 0.339 e. The molecule has 0 saturated heterocycles. The van der Waals surface area contributed by atoms with Crippen LogP contribution < -0.4 is 5.32 Å². The van der Waals surface area contributed by atoms with Gasteiger partial charge in [-0.05, 0) is 36.4 Å². The predicted octanol–water partition coefficient (Wildman–Crippen LogP) is 4.37. The molecule has 2 heterocycles. The molecule has 0 aliphatic heterocycles. The van der Waals surface area contributed by atoms with Crippen molar-refractivity contribution in [1.29, 1.82) is 0 Å². The summed E-state index contributed by atoms with van der Waals surface area (Å²) >= 11 is 0. The van der Waals surface area contributed by atoms with E-state index in [4.69, 9.17) is 4.74 Å². The summed E-state index contributed by atoms with van der Waals surface area (Å²) < 4.78 is 32.5. The summed E-state index contributed by atoms with van der Waals surface area (Å²) in [6.45, 7) is -0.717. The van der Waals surface area contributed by atoms with E-state index in [2.05, 4.69) is 15.3 Å². The van der Waals surface area contributed by atoms with Crippen LogP contribution in [-0.4, -0.2) is 28.5 Å². The van der Waals surface area contributed by atoms with Crippen LogP contribution in [0.1, 0.15) is 10.4 Å². The number of pyridine rings is 2. The number of hydrogen-bond donors (Lipinski definition) is 1. The number of ether oxygens (including phenoxy) is 1. The van der Waals surface area contributed by atoms with Crippen LogP contribution in [-0.2, 0) is 9.53 Å². The molecular formula is C23H15F2N3O3. The van der Waals surface area contributed by atoms with Crippen molar-refractivity contribution in [2.24, 2.45) is 0 Å². The zero-order valence-electron chi connectivity index (χ0n) is 16.0. The zero-order valence-corrected chi connectivity index (χ0v) is 16.0. The van der Waals surface area contributed by atoms with Gasteiger partial charge in [-0.2, -0.15) is 0 Å². The van der Waals surface area contributed by atoms with Crippen LogP contribution in [0.2, 0.25) is 0 Å². The number of aromatic nitrogens is 2. The van der Waals surface area contributed by atoms with Gasteiger partial charge in [0.2, 0.25) is 0 Å². The average Bonchev–Trinajstić information content (AvgIpc) is 2.80. The topological polar surface area (TPSA) is 81.2 Å². The molecule has 0 aliphatic rings. The molecule has 0 aliphatic carbocycles. The standard InChI is InChI=1S/C23H15F2N3O3/c24-17-7-3-8-18(25)22(17)28-21(29)13-31-23(30)16-11-20(14-5-4-10-26-12-14)27-19-9-2-1-6-15(16)19/h1-12H,13H2,(H,28,29). The molecule has 1 amide bonds. The summed E-state index contributed by atoms with van der Waals surface area (Å²) in [5.74, 6) is -3.50. The normalized spacial score (nSPS) is 10.6. The van der Waals surface area contributed by atoms with E-state index in [1.54, 1.807) is 54.9 Å². The second kappa shape index (κ2) is 8.66. The molecule has 0 radical (unpaired) electrons. The number of anilines is 1. The van der Waals surface area contributed by atoms with Gasteiger partial charge in [-0.1, -0.05) is 24.3 Å². The Kier molecular flexibility index (Phi) is 5.61. The van der Waals surface area contributed by atoms with E-state index in [9.17, 15) is 18.4 Å². The Morgan fingerprint density at radius 3 is 2.48 bits per heavy atom. The van der Waals surface area contributed by atoms with Crippen molar-refractivity contribution in [2.75, 3.05) is 11.9 Å². The number of para-hydroxylation sites is 2. The van der Waals surface area contributed by atoms with E-state index in [1.165, 1.54) is 6.07 Å². The number of benzene rings is 2. The van der Waals surface area contributed by atoms with Crippen molar-refractivity contribution in [3.05, 3.63) is 90.3 Å². The maximum absolute atomic E-state index is 13.7. The van der Waals surface area contributed by atoms with E-state index in [1.807, 2.05) is 0 Å². The molecule has 2 aromatic heterocycles. The molecule has 6 nitrogen and oxygen atoms in total. The van der Waals surface area contributed by atoms with Gasteiger partial charge >= 0.3 is 5.97 Å². The lowest BCUT2D eigenvalue weighted by atomic mass is 10.1. The van der Waals surface area contributed by atoms with Crippen LogP contribution in [0.15, 0.2) is 73.1 Å². The summed E-state index contributed by atoms with van der Waals surface area (Å²) in [5.41, 5.74) is 1.38. The minimum Gasteiger partial charge on any atom is -0.452 e. The Bertz CT molecular complexity index is 1260. The minimum atomic E-state index is -0.930. The van der Waals surface area contributed by atoms with Crippen LogP contribution in [0.4, 0.5) is 14.5 Å². The molecule has 0 spiro atoms. The van der Waals surface area contributed by atoms with E-state index in [0.717, 1.165) is 12.1 Å². The van der Waals surface area contributed by atoms with E-state index < -0.39 is 35.8 Å². The first-order valence-corrected chi connectivity index (χ1v) is 9.24. The van der Waals surface area contributed by atoms with Gasteiger partial charge in [-0.3, -0.25) is 9.78 Å². The van der Waals surface area contributed by atoms with Gasteiger partial charge in [-0.25, -0.2) is 18.6 Å². The molecule has 31 heavy (non-hydrogen) atoms. The quantitative estimate of drug-likeness (QED) is 0.486. The van der Waals surface area contributed by atoms with E-state index in [0.29, 0.717) is 22.2 Å². The third kappa shape index (κ3) is 4.37. The molecule has 0 unspecified atom stereocenters. The molecular weight excluding hydrogens is 404 g/mol. The van der Waals surface area contributed by atoms with Crippen molar-refractivity contribution in [3.8, 4) is 11.3 Å². The number of hydrogen-bond acceptors (Lipinski definition) is 5. The molecule has 1 N–H and O–H groups in total. The van der Waals surface area contributed by atoms with Gasteiger partial charge in [0.25, 0.3) is 5.91 Å². The third-order valence-electron chi connectivity index (χ3n) is 4.45. The second-order valence-electron chi connectivity index (χ2n) is 6.53. The van der Waals surface area contributed by atoms with E-state index in [-0.39, 0.29) is 5.56 Å². The Morgan fingerprint density at radius 2 is 1.74 bits per heavy atom. The summed E-state index contributed by atoms with van der Waals surface area (Å²) in [6, 6.07) is 15.3. The fourth-order valence-electron chi connectivity index (χ4n) is 3.01. The lowest BCUT2D eigenvalue weighted by Gasteiger charge is -2.11. The third-order valence-corrected chi connectivity index (χ3v) is 4.45. The SMILES string of the molecule is O=C(COC(=O)c1cc(-c2cccnc2)nc2ccccc12)Nc1c(F)cccc1F. The first-order chi connectivity index (χ1) is 15.0.